The Balaban J connectivity index is 1.12. The molecule has 1 N–H and O–H groups in total. The fourth-order valence-corrected chi connectivity index (χ4v) is 5.76. The molecule has 0 spiro atoms. The summed E-state index contributed by atoms with van der Waals surface area (Å²) in [5.41, 5.74) is 9.48. The summed E-state index contributed by atoms with van der Waals surface area (Å²) in [7, 11) is 0. The molecule has 38 heavy (non-hydrogen) atoms. The lowest BCUT2D eigenvalue weighted by Crippen LogP contribution is -2.29. The second kappa shape index (κ2) is 10.5. The van der Waals surface area contributed by atoms with Crippen molar-refractivity contribution in [2.45, 2.75) is 38.8 Å². The van der Waals surface area contributed by atoms with Crippen molar-refractivity contribution in [2.24, 2.45) is 10.9 Å². The Morgan fingerprint density at radius 2 is 1.71 bits per heavy atom. The number of allylic oxidation sites excluding steroid dienone is 2. The summed E-state index contributed by atoms with van der Waals surface area (Å²) in [6.07, 6.45) is 7.67. The van der Waals surface area contributed by atoms with Gasteiger partial charge in [-0.2, -0.15) is 0 Å². The molecule has 0 amide bonds. The normalized spacial score (nSPS) is 19.7. The number of rotatable bonds is 6. The molecule has 0 radical (unpaired) electrons. The Labute approximate surface area is 229 Å². The number of anilines is 1. The minimum absolute atomic E-state index is 0.287. The molecule has 4 aromatic rings. The predicted octanol–water partition coefficient (Wildman–Crippen LogP) is 9.11. The van der Waals surface area contributed by atoms with Crippen molar-refractivity contribution in [1.29, 1.82) is 0 Å². The number of hydrogen-bond donors (Lipinski definition) is 1. The second-order valence-corrected chi connectivity index (χ2v) is 10.8. The van der Waals surface area contributed by atoms with E-state index >= 15 is 0 Å². The van der Waals surface area contributed by atoms with Crippen LogP contribution >= 0.6 is 11.6 Å². The van der Waals surface area contributed by atoms with Gasteiger partial charge in [0.25, 0.3) is 0 Å². The highest BCUT2D eigenvalue weighted by molar-refractivity contribution is 6.32. The highest BCUT2D eigenvalue weighted by atomic mass is 35.5. The smallest absolute Gasteiger partial charge is 0.138 e. The predicted molar refractivity (Wildman–Crippen MR) is 158 cm³/mol. The molecule has 1 aliphatic carbocycles. The van der Waals surface area contributed by atoms with Crippen LogP contribution in [0.5, 0.6) is 5.75 Å². The van der Waals surface area contributed by atoms with E-state index in [1.54, 1.807) is 0 Å². The van der Waals surface area contributed by atoms with Gasteiger partial charge in [-0.25, -0.2) is 0 Å². The minimum Gasteiger partial charge on any atom is -0.487 e. The van der Waals surface area contributed by atoms with E-state index in [0.29, 0.717) is 29.2 Å². The van der Waals surface area contributed by atoms with Gasteiger partial charge < -0.3 is 10.1 Å². The van der Waals surface area contributed by atoms with E-state index in [-0.39, 0.29) is 6.04 Å². The zero-order valence-electron chi connectivity index (χ0n) is 21.7. The van der Waals surface area contributed by atoms with Gasteiger partial charge in [-0.05, 0) is 84.8 Å². The summed E-state index contributed by atoms with van der Waals surface area (Å²) in [5, 5.41) is 4.40. The highest BCUT2D eigenvalue weighted by Crippen LogP contribution is 2.50. The lowest BCUT2D eigenvalue weighted by atomic mass is 9.76. The van der Waals surface area contributed by atoms with Crippen LogP contribution in [0, 0.1) is 19.8 Å². The van der Waals surface area contributed by atoms with Gasteiger partial charge in [0.05, 0.1) is 16.8 Å². The summed E-state index contributed by atoms with van der Waals surface area (Å²) >= 11 is 6.50. The van der Waals surface area contributed by atoms with Crippen molar-refractivity contribution in [3.63, 3.8) is 0 Å². The van der Waals surface area contributed by atoms with Gasteiger partial charge in [-0.1, -0.05) is 83.4 Å². The Kier molecular flexibility index (Phi) is 6.78. The Morgan fingerprint density at radius 1 is 0.921 bits per heavy atom. The van der Waals surface area contributed by atoms with Crippen molar-refractivity contribution in [1.82, 2.24) is 0 Å². The van der Waals surface area contributed by atoms with Crippen molar-refractivity contribution in [3.8, 4) is 5.75 Å². The molecule has 0 saturated heterocycles. The summed E-state index contributed by atoms with van der Waals surface area (Å²) in [5.74, 6) is 1.68. The zero-order valence-corrected chi connectivity index (χ0v) is 22.5. The van der Waals surface area contributed by atoms with Crippen molar-refractivity contribution < 1.29 is 4.74 Å². The summed E-state index contributed by atoms with van der Waals surface area (Å²) in [4.78, 5) is 4.69. The molecule has 4 heteroatoms. The lowest BCUT2D eigenvalue weighted by Gasteiger charge is -2.37. The molecule has 0 bridgehead atoms. The molecule has 0 unspecified atom stereocenters. The number of nitrogens with one attached hydrogen (secondary N) is 1. The first kappa shape index (κ1) is 24.5. The molecule has 1 aliphatic heterocycles. The number of nitrogens with zero attached hydrogens (tertiary/aromatic N) is 1. The Hall–Kier alpha value is -3.82. The molecule has 0 saturated carbocycles. The third-order valence-electron chi connectivity index (χ3n) is 7.60. The molecule has 3 atom stereocenters. The average Bonchev–Trinajstić information content (AvgIpc) is 3.43. The summed E-state index contributed by atoms with van der Waals surface area (Å²) in [6, 6.07) is 29.7. The molecule has 4 aromatic carbocycles. The van der Waals surface area contributed by atoms with Crippen LogP contribution in [0.25, 0.3) is 0 Å². The van der Waals surface area contributed by atoms with Gasteiger partial charge in [0, 0.05) is 17.8 Å². The van der Waals surface area contributed by atoms with E-state index in [0.717, 1.165) is 23.2 Å². The number of halogens is 1. The largest absolute Gasteiger partial charge is 0.487 e. The van der Waals surface area contributed by atoms with E-state index in [2.05, 4.69) is 98.0 Å². The minimum atomic E-state index is 0.287. The Bertz CT molecular complexity index is 1510. The highest BCUT2D eigenvalue weighted by Gasteiger charge is 2.37. The van der Waals surface area contributed by atoms with Crippen molar-refractivity contribution >= 4 is 29.2 Å². The van der Waals surface area contributed by atoms with Crippen LogP contribution in [0.15, 0.2) is 102 Å². The van der Waals surface area contributed by atoms with Gasteiger partial charge in [-0.15, -0.1) is 0 Å². The van der Waals surface area contributed by atoms with Crippen LogP contribution < -0.4 is 10.1 Å². The fraction of sp³-hybridized carbons (Fsp3) is 0.206. The summed E-state index contributed by atoms with van der Waals surface area (Å²) < 4.78 is 5.92. The first-order chi connectivity index (χ1) is 18.5. The van der Waals surface area contributed by atoms with Crippen molar-refractivity contribution in [2.75, 3.05) is 5.32 Å². The van der Waals surface area contributed by atoms with Crippen LogP contribution in [0.3, 0.4) is 0 Å². The van der Waals surface area contributed by atoms with E-state index in [1.165, 1.54) is 27.9 Å². The number of benzene rings is 4. The van der Waals surface area contributed by atoms with Crippen LogP contribution in [-0.4, -0.2) is 6.21 Å². The van der Waals surface area contributed by atoms with Crippen LogP contribution in [0.1, 0.15) is 51.8 Å². The third-order valence-corrected chi connectivity index (χ3v) is 7.90. The van der Waals surface area contributed by atoms with Crippen molar-refractivity contribution in [3.05, 3.63) is 135 Å². The third kappa shape index (κ3) is 5.12. The van der Waals surface area contributed by atoms with Crippen LogP contribution in [-0.2, 0) is 6.61 Å². The maximum absolute atomic E-state index is 6.50. The number of fused-ring (bicyclic) bond motifs is 3. The van der Waals surface area contributed by atoms with Crippen LogP contribution in [0.2, 0.25) is 5.02 Å². The maximum atomic E-state index is 6.50. The maximum Gasteiger partial charge on any atom is 0.138 e. The van der Waals surface area contributed by atoms with E-state index in [4.69, 9.17) is 21.3 Å². The molecule has 2 aliphatic rings. The Morgan fingerprint density at radius 3 is 2.50 bits per heavy atom. The molecule has 6 rings (SSSR count). The monoisotopic (exact) mass is 518 g/mol. The lowest BCUT2D eigenvalue weighted by molar-refractivity contribution is 0.306. The van der Waals surface area contributed by atoms with Gasteiger partial charge in [0.2, 0.25) is 0 Å². The average molecular weight is 519 g/mol. The second-order valence-electron chi connectivity index (χ2n) is 10.4. The zero-order chi connectivity index (χ0) is 26.1. The SMILES string of the molecule is Cc1ccc(COc2ccc(C=Nc3ccc([C@@H]4Nc5ccc(C)cc5[C@H]5C=CC[C@H]54)cc3)cc2Cl)cc1. The first-order valence-corrected chi connectivity index (χ1v) is 13.6. The molecule has 190 valence electrons. The topological polar surface area (TPSA) is 33.6 Å². The fourth-order valence-electron chi connectivity index (χ4n) is 5.52. The first-order valence-electron chi connectivity index (χ1n) is 13.2. The number of aryl methyl sites for hydroxylation is 2. The number of aliphatic imine (C=N–C) groups is 1. The quantitative estimate of drug-likeness (QED) is 0.204. The molecule has 0 aromatic heterocycles. The molecule has 1 heterocycles. The summed E-state index contributed by atoms with van der Waals surface area (Å²) in [6.45, 7) is 4.73. The van der Waals surface area contributed by atoms with E-state index < -0.39 is 0 Å². The number of ether oxygens (including phenoxy) is 1. The molecule has 3 nitrogen and oxygen atoms in total. The number of hydrogen-bond acceptors (Lipinski definition) is 3. The van der Waals surface area contributed by atoms with Gasteiger partial charge in [0.15, 0.2) is 0 Å². The standard InChI is InChI=1S/C34H31ClN2O/c1-22-6-9-24(10-7-22)21-38-33-17-11-25(19-31(33)35)20-36-27-14-12-26(13-15-27)34-29-5-3-4-28(29)30-18-23(2)8-16-32(30)37-34/h3-4,6-20,28-29,34,37H,5,21H2,1-2H3/t28-,29+,34-/m0/s1. The van der Waals surface area contributed by atoms with Gasteiger partial charge in [0.1, 0.15) is 12.4 Å². The van der Waals surface area contributed by atoms with E-state index in [9.17, 15) is 0 Å². The molecular weight excluding hydrogens is 488 g/mol. The molecule has 0 fully saturated rings. The van der Waals surface area contributed by atoms with Gasteiger partial charge >= 0.3 is 0 Å². The van der Waals surface area contributed by atoms with Crippen LogP contribution in [0.4, 0.5) is 11.4 Å². The molecular formula is C34H31ClN2O. The van der Waals surface area contributed by atoms with Gasteiger partial charge in [-0.3, -0.25) is 4.99 Å². The van der Waals surface area contributed by atoms with E-state index in [1.807, 2.05) is 24.4 Å².